The van der Waals surface area contributed by atoms with E-state index in [-0.39, 0.29) is 18.0 Å². The minimum Gasteiger partial charge on any atom is -0.444 e. The molecule has 6 N–H and O–H groups in total. The van der Waals surface area contributed by atoms with Crippen LogP contribution in [0.3, 0.4) is 0 Å². The molecule has 1 aromatic carbocycles. The van der Waals surface area contributed by atoms with Crippen LogP contribution >= 0.6 is 0 Å². The fraction of sp³-hybridized carbons (Fsp3) is 0.448. The summed E-state index contributed by atoms with van der Waals surface area (Å²) in [4.78, 5) is 30.6. The fourth-order valence-corrected chi connectivity index (χ4v) is 5.14. The molecule has 10 nitrogen and oxygen atoms in total. The van der Waals surface area contributed by atoms with Crippen molar-refractivity contribution in [2.24, 2.45) is 0 Å². The number of nitrogens with one attached hydrogen (secondary N) is 6. The van der Waals surface area contributed by atoms with Crippen molar-refractivity contribution in [3.63, 3.8) is 0 Å². The number of nitrogens with zero attached hydrogens (tertiary/aromatic N) is 1. The van der Waals surface area contributed by atoms with E-state index in [1.54, 1.807) is 13.1 Å². The van der Waals surface area contributed by atoms with Gasteiger partial charge >= 0.3 is 6.09 Å². The number of carbonyl (C=O) groups is 2. The van der Waals surface area contributed by atoms with Gasteiger partial charge in [-0.15, -0.1) is 0 Å². The Balaban J connectivity index is 1.76. The number of pyridine rings is 1. The van der Waals surface area contributed by atoms with E-state index in [2.05, 4.69) is 26.6 Å². The van der Waals surface area contributed by atoms with Crippen LogP contribution in [-0.2, 0) is 11.3 Å². The molecular weight excluding hydrogens is 494 g/mol. The van der Waals surface area contributed by atoms with Gasteiger partial charge in [0.2, 0.25) is 0 Å². The van der Waals surface area contributed by atoms with Gasteiger partial charge in [-0.1, -0.05) is 25.0 Å². The van der Waals surface area contributed by atoms with Crippen LogP contribution in [0.25, 0.3) is 5.70 Å². The van der Waals surface area contributed by atoms with E-state index in [1.165, 1.54) is 6.21 Å². The molecule has 0 spiro atoms. The lowest BCUT2D eigenvalue weighted by atomic mass is 9.90. The van der Waals surface area contributed by atoms with E-state index in [0.29, 0.717) is 29.4 Å². The fourth-order valence-electron chi connectivity index (χ4n) is 5.14. The van der Waals surface area contributed by atoms with Gasteiger partial charge in [-0.25, -0.2) is 9.78 Å². The summed E-state index contributed by atoms with van der Waals surface area (Å²) >= 11 is 0. The van der Waals surface area contributed by atoms with Gasteiger partial charge in [-0.05, 0) is 64.3 Å². The molecule has 39 heavy (non-hydrogen) atoms. The number of ether oxygens (including phenoxy) is 1. The van der Waals surface area contributed by atoms with E-state index in [9.17, 15) is 9.59 Å². The highest BCUT2D eigenvalue weighted by molar-refractivity contribution is 6.06. The number of anilines is 3. The number of rotatable bonds is 8. The number of benzene rings is 1. The molecule has 0 bridgehead atoms. The Labute approximate surface area is 229 Å². The second-order valence-corrected chi connectivity index (χ2v) is 11.0. The molecule has 2 aromatic rings. The average molecular weight is 534 g/mol. The van der Waals surface area contributed by atoms with E-state index < -0.39 is 11.7 Å². The first-order valence-corrected chi connectivity index (χ1v) is 13.4. The van der Waals surface area contributed by atoms with Crippen LogP contribution in [0.2, 0.25) is 0 Å². The van der Waals surface area contributed by atoms with Gasteiger partial charge in [-0.3, -0.25) is 4.79 Å². The second-order valence-electron chi connectivity index (χ2n) is 11.0. The first-order chi connectivity index (χ1) is 18.6. The molecule has 1 aliphatic heterocycles. The number of fused-ring (bicyclic) bond motifs is 1. The van der Waals surface area contributed by atoms with Gasteiger partial charge in [-0.2, -0.15) is 0 Å². The quantitative estimate of drug-likeness (QED) is 0.267. The predicted molar refractivity (Wildman–Crippen MR) is 155 cm³/mol. The number of carbonyl (C=O) groups excluding carboxylic acids is 2. The van der Waals surface area contributed by atoms with Crippen molar-refractivity contribution >= 4 is 41.2 Å². The number of aromatic nitrogens is 1. The molecule has 10 heteroatoms. The summed E-state index contributed by atoms with van der Waals surface area (Å²) < 4.78 is 5.52. The number of aryl methyl sites for hydroxylation is 1. The maximum Gasteiger partial charge on any atom is 0.407 e. The largest absolute Gasteiger partial charge is 0.444 e. The molecule has 0 saturated heterocycles. The van der Waals surface area contributed by atoms with Crippen LogP contribution in [0.5, 0.6) is 0 Å². The van der Waals surface area contributed by atoms with Crippen molar-refractivity contribution in [2.45, 2.75) is 77.6 Å². The molecule has 1 aliphatic carbocycles. The zero-order chi connectivity index (χ0) is 28.2. The molecule has 0 radical (unpaired) electrons. The summed E-state index contributed by atoms with van der Waals surface area (Å²) in [6, 6.07) is 7.63. The van der Waals surface area contributed by atoms with Crippen molar-refractivity contribution in [1.82, 2.24) is 20.9 Å². The van der Waals surface area contributed by atoms with Crippen molar-refractivity contribution in [3.05, 3.63) is 52.6 Å². The summed E-state index contributed by atoms with van der Waals surface area (Å²) in [6.45, 7) is 7.88. The molecule has 2 amide bonds. The van der Waals surface area contributed by atoms with Crippen LogP contribution in [0.4, 0.5) is 22.1 Å². The molecule has 2 unspecified atom stereocenters. The molecule has 1 saturated carbocycles. The van der Waals surface area contributed by atoms with Gasteiger partial charge in [0, 0.05) is 48.4 Å². The lowest BCUT2D eigenvalue weighted by Gasteiger charge is -2.34. The molecule has 2 atom stereocenters. The Kier molecular flexibility index (Phi) is 8.42. The van der Waals surface area contributed by atoms with E-state index >= 15 is 0 Å². The third kappa shape index (κ3) is 6.68. The molecule has 2 heterocycles. The lowest BCUT2D eigenvalue weighted by molar-refractivity contribution is 0.0488. The summed E-state index contributed by atoms with van der Waals surface area (Å²) in [5.74, 6) is 0.827. The predicted octanol–water partition coefficient (Wildman–Crippen LogP) is 4.83. The number of amides is 2. The number of allylic oxidation sites excluding steroid dienone is 1. The number of alkyl carbamates (subject to hydrolysis) is 1. The Morgan fingerprint density at radius 1 is 1.18 bits per heavy atom. The Hall–Kier alpha value is -4.08. The maximum atomic E-state index is 13.0. The second kappa shape index (κ2) is 11.8. The normalized spacial score (nSPS) is 19.0. The van der Waals surface area contributed by atoms with Gasteiger partial charge in [0.15, 0.2) is 0 Å². The summed E-state index contributed by atoms with van der Waals surface area (Å²) in [6.07, 6.45) is 6.06. The van der Waals surface area contributed by atoms with Gasteiger partial charge in [0.1, 0.15) is 17.2 Å². The van der Waals surface area contributed by atoms with Crippen LogP contribution in [0.1, 0.15) is 73.5 Å². The van der Waals surface area contributed by atoms with Crippen molar-refractivity contribution in [3.8, 4) is 0 Å². The number of hydrogen-bond donors (Lipinski definition) is 6. The van der Waals surface area contributed by atoms with Gasteiger partial charge in [0.25, 0.3) is 5.91 Å². The molecule has 208 valence electrons. The Morgan fingerprint density at radius 3 is 2.59 bits per heavy atom. The molecule has 1 aromatic heterocycles. The van der Waals surface area contributed by atoms with Crippen LogP contribution in [0.15, 0.2) is 30.3 Å². The molecule has 1 fully saturated rings. The SMILES string of the molecule is CN/C(=C\C=N)c1c(NC2CCCCC2NC(=O)OC(C)(C)C)nc(Nc2cccc(C)c2)c2c1CNC2=O. The molecule has 2 aliphatic rings. The van der Waals surface area contributed by atoms with Crippen molar-refractivity contribution < 1.29 is 14.3 Å². The first kappa shape index (κ1) is 27.9. The van der Waals surface area contributed by atoms with E-state index in [1.807, 2.05) is 52.0 Å². The van der Waals surface area contributed by atoms with Crippen LogP contribution < -0.4 is 26.6 Å². The highest BCUT2D eigenvalue weighted by Gasteiger charge is 2.34. The van der Waals surface area contributed by atoms with Crippen LogP contribution in [-0.4, -0.2) is 47.9 Å². The first-order valence-electron chi connectivity index (χ1n) is 13.4. The van der Waals surface area contributed by atoms with Crippen LogP contribution in [0, 0.1) is 12.3 Å². The smallest absolute Gasteiger partial charge is 0.407 e. The third-order valence-electron chi connectivity index (χ3n) is 6.81. The topological polar surface area (TPSA) is 140 Å². The van der Waals surface area contributed by atoms with Gasteiger partial charge < -0.3 is 36.7 Å². The molecular formula is C29H39N7O3. The Bertz CT molecular complexity index is 1280. The summed E-state index contributed by atoms with van der Waals surface area (Å²) in [5.41, 5.74) is 3.99. The minimum absolute atomic E-state index is 0.106. The highest BCUT2D eigenvalue weighted by Crippen LogP contribution is 2.37. The highest BCUT2D eigenvalue weighted by atomic mass is 16.6. The third-order valence-corrected chi connectivity index (χ3v) is 6.81. The number of hydrogen-bond acceptors (Lipinski definition) is 8. The van der Waals surface area contributed by atoms with E-state index in [0.717, 1.165) is 48.1 Å². The van der Waals surface area contributed by atoms with Crippen molar-refractivity contribution in [1.29, 1.82) is 5.41 Å². The maximum absolute atomic E-state index is 13.0. The Morgan fingerprint density at radius 2 is 1.92 bits per heavy atom. The standard InChI is InChI=1S/C29H39N7O3/c1-17-9-8-10-18(15-17)33-26-24-19(16-32-27(24)37)23(22(31-5)13-14-30)25(36-26)34-20-11-6-7-12-21(20)35-28(38)39-29(2,3)4/h8-10,13-15,20-21,30-31H,6-7,11-12,16H2,1-5H3,(H,32,37)(H,35,38)(H2,33,34,36)/b22-13-,30-14?. The van der Waals surface area contributed by atoms with E-state index in [4.69, 9.17) is 15.1 Å². The average Bonchev–Trinajstić information content (AvgIpc) is 3.25. The summed E-state index contributed by atoms with van der Waals surface area (Å²) in [7, 11) is 1.78. The zero-order valence-electron chi connectivity index (χ0n) is 23.3. The molecule has 4 rings (SSSR count). The summed E-state index contributed by atoms with van der Waals surface area (Å²) in [5, 5.41) is 23.8. The van der Waals surface area contributed by atoms with Gasteiger partial charge in [0.05, 0.1) is 11.6 Å². The minimum atomic E-state index is -0.592. The van der Waals surface area contributed by atoms with Crippen molar-refractivity contribution in [2.75, 3.05) is 17.7 Å². The lowest BCUT2D eigenvalue weighted by Crippen LogP contribution is -2.50. The zero-order valence-corrected chi connectivity index (χ0v) is 23.3. The monoisotopic (exact) mass is 533 g/mol.